The van der Waals surface area contributed by atoms with Crippen LogP contribution in [0.1, 0.15) is 49.0 Å². The molecule has 1 heterocycles. The zero-order valence-electron chi connectivity index (χ0n) is 20.3. The van der Waals surface area contributed by atoms with Crippen LogP contribution >= 0.6 is 0 Å². The summed E-state index contributed by atoms with van der Waals surface area (Å²) in [5.74, 6) is -0.142. The standard InChI is InChI=1S/C27H36N4O3/c1-19(2)17-24(30-26(33)23-12-8-7-9-20(23)3)27(34)29-22-13-15-31(16-14-22)18-25(32)28-21-10-5-4-6-11-21/h4-12,19,22,24H,13-18H2,1-3H3,(H,28,32)(H,29,34)(H,30,33). The van der Waals surface area contributed by atoms with Gasteiger partial charge in [0.25, 0.3) is 5.91 Å². The highest BCUT2D eigenvalue weighted by atomic mass is 16.2. The van der Waals surface area contributed by atoms with Crippen molar-refractivity contribution in [3.63, 3.8) is 0 Å². The average Bonchev–Trinajstić information content (AvgIpc) is 2.80. The Morgan fingerprint density at radius 1 is 0.971 bits per heavy atom. The number of aryl methyl sites for hydroxylation is 1. The van der Waals surface area contributed by atoms with Crippen molar-refractivity contribution in [3.05, 3.63) is 65.7 Å². The Bertz CT molecular complexity index is 969. The molecule has 182 valence electrons. The van der Waals surface area contributed by atoms with Gasteiger partial charge in [0.15, 0.2) is 0 Å². The summed E-state index contributed by atoms with van der Waals surface area (Å²) in [5, 5.41) is 8.98. The number of anilines is 1. The number of nitrogens with zero attached hydrogens (tertiary/aromatic N) is 1. The summed E-state index contributed by atoms with van der Waals surface area (Å²) in [6.07, 6.45) is 2.11. The van der Waals surface area contributed by atoms with E-state index in [1.165, 1.54) is 0 Å². The number of rotatable bonds is 9. The quantitative estimate of drug-likeness (QED) is 0.531. The van der Waals surface area contributed by atoms with Crippen LogP contribution < -0.4 is 16.0 Å². The molecular formula is C27H36N4O3. The van der Waals surface area contributed by atoms with Crippen molar-refractivity contribution in [3.8, 4) is 0 Å². The maximum absolute atomic E-state index is 13.1. The number of hydrogen-bond donors (Lipinski definition) is 3. The van der Waals surface area contributed by atoms with Crippen molar-refractivity contribution in [2.75, 3.05) is 25.0 Å². The largest absolute Gasteiger partial charge is 0.351 e. The monoisotopic (exact) mass is 464 g/mol. The Kier molecular flexibility index (Phi) is 9.22. The second-order valence-corrected chi connectivity index (χ2v) is 9.44. The second kappa shape index (κ2) is 12.3. The topological polar surface area (TPSA) is 90.5 Å². The lowest BCUT2D eigenvalue weighted by molar-refractivity contribution is -0.124. The van der Waals surface area contributed by atoms with E-state index in [1.807, 2.05) is 69.3 Å². The van der Waals surface area contributed by atoms with Gasteiger partial charge in [-0.2, -0.15) is 0 Å². The number of carbonyl (C=O) groups excluding carboxylic acids is 3. The molecule has 34 heavy (non-hydrogen) atoms. The van der Waals surface area contributed by atoms with Gasteiger partial charge in [-0.25, -0.2) is 0 Å². The predicted molar refractivity (Wildman–Crippen MR) is 135 cm³/mol. The van der Waals surface area contributed by atoms with Crippen molar-refractivity contribution in [2.45, 2.75) is 52.1 Å². The number of nitrogens with one attached hydrogen (secondary N) is 3. The first-order valence-electron chi connectivity index (χ1n) is 12.1. The number of amides is 3. The molecule has 1 aliphatic rings. The summed E-state index contributed by atoms with van der Waals surface area (Å²) < 4.78 is 0. The van der Waals surface area contributed by atoms with Crippen molar-refractivity contribution in [1.29, 1.82) is 0 Å². The molecule has 0 spiro atoms. The van der Waals surface area contributed by atoms with Gasteiger partial charge in [-0.3, -0.25) is 19.3 Å². The van der Waals surface area contributed by atoms with Crippen molar-refractivity contribution < 1.29 is 14.4 Å². The molecule has 7 nitrogen and oxygen atoms in total. The highest BCUT2D eigenvalue weighted by Gasteiger charge is 2.27. The minimum Gasteiger partial charge on any atom is -0.351 e. The second-order valence-electron chi connectivity index (χ2n) is 9.44. The summed E-state index contributed by atoms with van der Waals surface area (Å²) in [6, 6.07) is 16.3. The highest BCUT2D eigenvalue weighted by Crippen LogP contribution is 2.14. The van der Waals surface area contributed by atoms with E-state index in [4.69, 9.17) is 0 Å². The van der Waals surface area contributed by atoms with Crippen LogP contribution in [0.15, 0.2) is 54.6 Å². The Hall–Kier alpha value is -3.19. The third-order valence-electron chi connectivity index (χ3n) is 6.08. The molecule has 3 amide bonds. The molecule has 3 N–H and O–H groups in total. The first kappa shape index (κ1) is 25.4. The van der Waals surface area contributed by atoms with Crippen LogP contribution in [0, 0.1) is 12.8 Å². The van der Waals surface area contributed by atoms with Crippen LogP contribution in [0.25, 0.3) is 0 Å². The van der Waals surface area contributed by atoms with E-state index in [1.54, 1.807) is 6.07 Å². The molecule has 3 rings (SSSR count). The molecule has 1 atom stereocenters. The summed E-state index contributed by atoms with van der Waals surface area (Å²) in [7, 11) is 0. The third kappa shape index (κ3) is 7.70. The summed E-state index contributed by atoms with van der Waals surface area (Å²) in [6.45, 7) is 7.77. The summed E-state index contributed by atoms with van der Waals surface area (Å²) in [5.41, 5.74) is 2.26. The van der Waals surface area contributed by atoms with Crippen LogP contribution in [-0.2, 0) is 9.59 Å². The molecular weight excluding hydrogens is 428 g/mol. The molecule has 2 aromatic carbocycles. The van der Waals surface area contributed by atoms with Crippen LogP contribution in [0.5, 0.6) is 0 Å². The molecule has 7 heteroatoms. The predicted octanol–water partition coefficient (Wildman–Crippen LogP) is 3.36. The Morgan fingerprint density at radius 3 is 2.26 bits per heavy atom. The first-order chi connectivity index (χ1) is 16.3. The van der Waals surface area contributed by atoms with E-state index in [9.17, 15) is 14.4 Å². The first-order valence-corrected chi connectivity index (χ1v) is 12.1. The van der Waals surface area contributed by atoms with Crippen molar-refractivity contribution in [2.24, 2.45) is 5.92 Å². The van der Waals surface area contributed by atoms with E-state index >= 15 is 0 Å². The Balaban J connectivity index is 1.48. The maximum atomic E-state index is 13.1. The molecule has 0 aliphatic carbocycles. The van der Waals surface area contributed by atoms with E-state index in [2.05, 4.69) is 20.9 Å². The molecule has 1 unspecified atom stereocenters. The number of piperidine rings is 1. The molecule has 0 saturated carbocycles. The molecule has 0 radical (unpaired) electrons. The molecule has 1 saturated heterocycles. The van der Waals surface area contributed by atoms with Crippen LogP contribution in [0.2, 0.25) is 0 Å². The lowest BCUT2D eigenvalue weighted by Crippen LogP contribution is -2.53. The zero-order valence-corrected chi connectivity index (χ0v) is 20.3. The van der Waals surface area contributed by atoms with Gasteiger partial charge in [0, 0.05) is 30.4 Å². The van der Waals surface area contributed by atoms with Gasteiger partial charge in [0.2, 0.25) is 11.8 Å². The average molecular weight is 465 g/mol. The van der Waals surface area contributed by atoms with E-state index in [0.29, 0.717) is 18.5 Å². The number of carbonyl (C=O) groups is 3. The Labute approximate surface area is 202 Å². The number of likely N-dealkylation sites (tertiary alicyclic amines) is 1. The normalized spacial score (nSPS) is 15.5. The van der Waals surface area contributed by atoms with E-state index < -0.39 is 6.04 Å². The van der Waals surface area contributed by atoms with Crippen LogP contribution in [-0.4, -0.2) is 54.3 Å². The lowest BCUT2D eigenvalue weighted by Gasteiger charge is -2.33. The lowest BCUT2D eigenvalue weighted by atomic mass is 10.00. The van der Waals surface area contributed by atoms with Gasteiger partial charge in [0.05, 0.1) is 6.54 Å². The van der Waals surface area contributed by atoms with Gasteiger partial charge >= 0.3 is 0 Å². The van der Waals surface area contributed by atoms with E-state index in [-0.39, 0.29) is 29.7 Å². The smallest absolute Gasteiger partial charge is 0.252 e. The third-order valence-corrected chi connectivity index (χ3v) is 6.08. The fraction of sp³-hybridized carbons (Fsp3) is 0.444. The summed E-state index contributed by atoms with van der Waals surface area (Å²) in [4.78, 5) is 40.3. The molecule has 1 aliphatic heterocycles. The van der Waals surface area contributed by atoms with Gasteiger partial charge in [-0.05, 0) is 55.9 Å². The number of para-hydroxylation sites is 1. The van der Waals surface area contributed by atoms with Gasteiger partial charge < -0.3 is 16.0 Å². The Morgan fingerprint density at radius 2 is 1.62 bits per heavy atom. The van der Waals surface area contributed by atoms with Crippen molar-refractivity contribution >= 4 is 23.4 Å². The molecule has 1 fully saturated rings. The number of hydrogen-bond acceptors (Lipinski definition) is 4. The maximum Gasteiger partial charge on any atom is 0.252 e. The molecule has 0 aromatic heterocycles. The molecule has 0 bridgehead atoms. The highest BCUT2D eigenvalue weighted by molar-refractivity contribution is 5.98. The van der Waals surface area contributed by atoms with Gasteiger partial charge in [0.1, 0.15) is 6.04 Å². The van der Waals surface area contributed by atoms with Gasteiger partial charge in [-0.15, -0.1) is 0 Å². The summed E-state index contributed by atoms with van der Waals surface area (Å²) >= 11 is 0. The van der Waals surface area contributed by atoms with E-state index in [0.717, 1.165) is 37.2 Å². The van der Waals surface area contributed by atoms with Crippen molar-refractivity contribution in [1.82, 2.24) is 15.5 Å². The van der Waals surface area contributed by atoms with Gasteiger partial charge in [-0.1, -0.05) is 50.2 Å². The minimum absolute atomic E-state index is 0.0333. The zero-order chi connectivity index (χ0) is 24.5. The number of benzene rings is 2. The fourth-order valence-corrected chi connectivity index (χ4v) is 4.23. The minimum atomic E-state index is -0.582. The van der Waals surface area contributed by atoms with Crippen LogP contribution in [0.3, 0.4) is 0 Å². The SMILES string of the molecule is Cc1ccccc1C(=O)NC(CC(C)C)C(=O)NC1CCN(CC(=O)Nc2ccccc2)CC1. The fourth-order valence-electron chi connectivity index (χ4n) is 4.23. The molecule has 2 aromatic rings. The van der Waals surface area contributed by atoms with Crippen LogP contribution in [0.4, 0.5) is 5.69 Å².